The zero-order valence-electron chi connectivity index (χ0n) is 10.1. The lowest BCUT2D eigenvalue weighted by molar-refractivity contribution is -0.132. The molecule has 2 fully saturated rings. The molecule has 0 saturated carbocycles. The molecule has 2 rings (SSSR count). The van der Waals surface area contributed by atoms with Gasteiger partial charge in [0.05, 0.1) is 6.54 Å². The van der Waals surface area contributed by atoms with E-state index in [0.29, 0.717) is 6.54 Å². The Balaban J connectivity index is 1.65. The van der Waals surface area contributed by atoms with Gasteiger partial charge in [0, 0.05) is 26.2 Å². The molecule has 92 valence electrons. The van der Waals surface area contributed by atoms with E-state index in [1.54, 1.807) is 0 Å². The van der Waals surface area contributed by atoms with Gasteiger partial charge in [-0.1, -0.05) is 6.42 Å². The van der Waals surface area contributed by atoms with E-state index in [0.717, 1.165) is 26.2 Å². The van der Waals surface area contributed by atoms with Crippen LogP contribution in [-0.4, -0.2) is 48.5 Å². The van der Waals surface area contributed by atoms with Gasteiger partial charge in [-0.15, -0.1) is 0 Å². The lowest BCUT2D eigenvalue weighted by Crippen LogP contribution is -2.48. The number of likely N-dealkylation sites (tertiary alicyclic amines) is 1. The van der Waals surface area contributed by atoms with Gasteiger partial charge < -0.3 is 4.90 Å². The summed E-state index contributed by atoms with van der Waals surface area (Å²) in [6, 6.07) is 0. The van der Waals surface area contributed by atoms with Crippen molar-refractivity contribution < 1.29 is 4.79 Å². The predicted molar refractivity (Wildman–Crippen MR) is 63.9 cm³/mol. The van der Waals surface area contributed by atoms with Crippen molar-refractivity contribution in [1.82, 2.24) is 15.3 Å². The van der Waals surface area contributed by atoms with E-state index in [-0.39, 0.29) is 5.91 Å². The van der Waals surface area contributed by atoms with Crippen LogP contribution in [0.2, 0.25) is 0 Å². The standard InChI is InChI=1S/C12H23N3O/c16-12(14-7-3-1-4-8-14)11-13-15-9-5-2-6-10-15/h13H,1-11H2. The average Bonchev–Trinajstić information content (AvgIpc) is 2.38. The van der Waals surface area contributed by atoms with E-state index in [2.05, 4.69) is 10.4 Å². The zero-order valence-corrected chi connectivity index (χ0v) is 10.1. The summed E-state index contributed by atoms with van der Waals surface area (Å²) in [5, 5.41) is 2.20. The Morgan fingerprint density at radius 3 is 2.06 bits per heavy atom. The third kappa shape index (κ3) is 3.46. The van der Waals surface area contributed by atoms with Crippen LogP contribution < -0.4 is 5.43 Å². The van der Waals surface area contributed by atoms with Crippen LogP contribution in [0, 0.1) is 0 Å². The highest BCUT2D eigenvalue weighted by molar-refractivity contribution is 5.78. The SMILES string of the molecule is O=C(CNN1CCCCC1)N1CCCCC1. The summed E-state index contributed by atoms with van der Waals surface area (Å²) in [4.78, 5) is 13.9. The number of hydrazine groups is 1. The molecule has 2 aliphatic rings. The van der Waals surface area contributed by atoms with Crippen LogP contribution in [-0.2, 0) is 4.79 Å². The maximum absolute atomic E-state index is 11.9. The minimum absolute atomic E-state index is 0.269. The van der Waals surface area contributed by atoms with Crippen molar-refractivity contribution in [3.05, 3.63) is 0 Å². The number of hydrogen-bond donors (Lipinski definition) is 1. The molecule has 16 heavy (non-hydrogen) atoms. The van der Waals surface area contributed by atoms with Crippen LogP contribution in [0.5, 0.6) is 0 Å². The number of nitrogens with zero attached hydrogens (tertiary/aromatic N) is 2. The van der Waals surface area contributed by atoms with Crippen LogP contribution in [0.4, 0.5) is 0 Å². The number of hydrogen-bond acceptors (Lipinski definition) is 3. The Morgan fingerprint density at radius 1 is 0.875 bits per heavy atom. The normalized spacial score (nSPS) is 23.4. The van der Waals surface area contributed by atoms with Gasteiger partial charge in [-0.25, -0.2) is 10.4 Å². The van der Waals surface area contributed by atoms with Crippen molar-refractivity contribution in [3.8, 4) is 0 Å². The van der Waals surface area contributed by atoms with Crippen molar-refractivity contribution in [2.24, 2.45) is 0 Å². The number of carbonyl (C=O) groups excluding carboxylic acids is 1. The van der Waals surface area contributed by atoms with Crippen molar-refractivity contribution in [2.75, 3.05) is 32.7 Å². The predicted octanol–water partition coefficient (Wildman–Crippen LogP) is 0.989. The fourth-order valence-corrected chi connectivity index (χ4v) is 2.49. The van der Waals surface area contributed by atoms with Gasteiger partial charge in [0.15, 0.2) is 0 Å². The molecule has 0 aliphatic carbocycles. The fourth-order valence-electron chi connectivity index (χ4n) is 2.49. The molecule has 2 heterocycles. The third-order valence-electron chi connectivity index (χ3n) is 3.52. The molecule has 0 spiro atoms. The van der Waals surface area contributed by atoms with E-state index in [1.807, 2.05) is 4.90 Å². The Labute approximate surface area is 97.9 Å². The number of nitrogens with one attached hydrogen (secondary N) is 1. The van der Waals surface area contributed by atoms with Crippen LogP contribution >= 0.6 is 0 Å². The number of carbonyl (C=O) groups is 1. The molecule has 1 N–H and O–H groups in total. The average molecular weight is 225 g/mol. The third-order valence-corrected chi connectivity index (χ3v) is 3.52. The second kappa shape index (κ2) is 6.21. The van der Waals surface area contributed by atoms with Gasteiger partial charge in [0.2, 0.25) is 5.91 Å². The highest BCUT2D eigenvalue weighted by Gasteiger charge is 2.17. The quantitative estimate of drug-likeness (QED) is 0.778. The van der Waals surface area contributed by atoms with Gasteiger partial charge in [-0.3, -0.25) is 4.79 Å². The largest absolute Gasteiger partial charge is 0.342 e. The van der Waals surface area contributed by atoms with Crippen molar-refractivity contribution >= 4 is 5.91 Å². The van der Waals surface area contributed by atoms with E-state index in [9.17, 15) is 4.79 Å². The van der Waals surface area contributed by atoms with Crippen molar-refractivity contribution in [1.29, 1.82) is 0 Å². The maximum Gasteiger partial charge on any atom is 0.237 e. The molecular weight excluding hydrogens is 202 g/mol. The van der Waals surface area contributed by atoms with Gasteiger partial charge in [-0.05, 0) is 32.1 Å². The molecule has 2 saturated heterocycles. The summed E-state index contributed by atoms with van der Waals surface area (Å²) in [5.41, 5.74) is 3.26. The second-order valence-electron chi connectivity index (χ2n) is 4.82. The van der Waals surface area contributed by atoms with Gasteiger partial charge >= 0.3 is 0 Å². The number of piperidine rings is 2. The van der Waals surface area contributed by atoms with E-state index in [1.165, 1.54) is 38.5 Å². The lowest BCUT2D eigenvalue weighted by Gasteiger charge is -2.30. The van der Waals surface area contributed by atoms with E-state index >= 15 is 0 Å². The van der Waals surface area contributed by atoms with E-state index in [4.69, 9.17) is 0 Å². The lowest BCUT2D eigenvalue weighted by atomic mass is 10.1. The van der Waals surface area contributed by atoms with Gasteiger partial charge in [0.25, 0.3) is 0 Å². The highest BCUT2D eigenvalue weighted by Crippen LogP contribution is 2.09. The fraction of sp³-hybridized carbons (Fsp3) is 0.917. The Bertz CT molecular complexity index is 220. The summed E-state index contributed by atoms with van der Waals surface area (Å²) >= 11 is 0. The molecule has 0 bridgehead atoms. The first-order chi connectivity index (χ1) is 7.86. The molecule has 1 amide bonds. The van der Waals surface area contributed by atoms with Gasteiger partial charge in [0.1, 0.15) is 0 Å². The van der Waals surface area contributed by atoms with Gasteiger partial charge in [-0.2, -0.15) is 0 Å². The van der Waals surface area contributed by atoms with Crippen LogP contribution in [0.25, 0.3) is 0 Å². The molecule has 0 aromatic heterocycles. The van der Waals surface area contributed by atoms with Crippen LogP contribution in [0.1, 0.15) is 38.5 Å². The smallest absolute Gasteiger partial charge is 0.237 e. The van der Waals surface area contributed by atoms with Crippen molar-refractivity contribution in [2.45, 2.75) is 38.5 Å². The topological polar surface area (TPSA) is 35.6 Å². The monoisotopic (exact) mass is 225 g/mol. The Morgan fingerprint density at radius 2 is 1.44 bits per heavy atom. The molecule has 0 radical (unpaired) electrons. The van der Waals surface area contributed by atoms with E-state index < -0.39 is 0 Å². The molecule has 2 aliphatic heterocycles. The molecule has 0 aromatic rings. The first-order valence-corrected chi connectivity index (χ1v) is 6.62. The minimum Gasteiger partial charge on any atom is -0.342 e. The molecule has 0 aromatic carbocycles. The summed E-state index contributed by atoms with van der Waals surface area (Å²) in [6.45, 7) is 4.58. The molecule has 0 unspecified atom stereocenters. The summed E-state index contributed by atoms with van der Waals surface area (Å²) in [6.07, 6.45) is 7.47. The summed E-state index contributed by atoms with van der Waals surface area (Å²) in [5.74, 6) is 0.269. The molecule has 4 heteroatoms. The first kappa shape index (κ1) is 11.9. The molecule has 4 nitrogen and oxygen atoms in total. The minimum atomic E-state index is 0.269. The zero-order chi connectivity index (χ0) is 11.2. The number of amides is 1. The Kier molecular flexibility index (Phi) is 4.60. The highest BCUT2D eigenvalue weighted by atomic mass is 16.2. The second-order valence-corrected chi connectivity index (χ2v) is 4.82. The summed E-state index contributed by atoms with van der Waals surface area (Å²) in [7, 11) is 0. The molecule has 0 atom stereocenters. The molecular formula is C12H23N3O. The Hall–Kier alpha value is -0.610. The van der Waals surface area contributed by atoms with Crippen molar-refractivity contribution in [3.63, 3.8) is 0 Å². The van der Waals surface area contributed by atoms with Crippen LogP contribution in [0.3, 0.4) is 0 Å². The summed E-state index contributed by atoms with van der Waals surface area (Å²) < 4.78 is 0. The van der Waals surface area contributed by atoms with Crippen LogP contribution in [0.15, 0.2) is 0 Å². The maximum atomic E-state index is 11.9. The number of rotatable bonds is 3. The first-order valence-electron chi connectivity index (χ1n) is 6.62.